The van der Waals surface area contributed by atoms with Gasteiger partial charge in [0.25, 0.3) is 5.91 Å². The predicted molar refractivity (Wildman–Crippen MR) is 98.7 cm³/mol. The lowest BCUT2D eigenvalue weighted by Gasteiger charge is -2.28. The highest BCUT2D eigenvalue weighted by Crippen LogP contribution is 2.21. The van der Waals surface area contributed by atoms with Gasteiger partial charge in [-0.15, -0.1) is 0 Å². The van der Waals surface area contributed by atoms with Gasteiger partial charge in [0.15, 0.2) is 11.4 Å². The van der Waals surface area contributed by atoms with E-state index in [2.05, 4.69) is 5.48 Å². The van der Waals surface area contributed by atoms with Gasteiger partial charge in [-0.1, -0.05) is 32.9 Å². The van der Waals surface area contributed by atoms with Crippen LogP contribution in [0.4, 0.5) is 0 Å². The number of ketones is 1. The molecule has 1 rings (SSSR count). The number of hydrogen-bond donors (Lipinski definition) is 1. The molecule has 0 aliphatic carbocycles. The number of Topliss-reactive ketones (excluding diaryl/α,β-unsaturated/α-hetero) is 1. The Balaban J connectivity index is 2.74. The maximum absolute atomic E-state index is 12.2. The van der Waals surface area contributed by atoms with Crippen LogP contribution < -0.4 is 5.48 Å². The van der Waals surface area contributed by atoms with E-state index in [1.807, 2.05) is 20.8 Å². The fourth-order valence-electron chi connectivity index (χ4n) is 1.88. The van der Waals surface area contributed by atoms with Crippen molar-refractivity contribution in [3.05, 3.63) is 35.4 Å². The second-order valence-corrected chi connectivity index (χ2v) is 8.70. The maximum Gasteiger partial charge on any atom is 0.341 e. The van der Waals surface area contributed by atoms with Gasteiger partial charge >= 0.3 is 5.97 Å². The Bertz CT molecular complexity index is 676. The van der Waals surface area contributed by atoms with Gasteiger partial charge in [0.2, 0.25) is 0 Å². The zero-order chi connectivity index (χ0) is 20.3. The highest BCUT2D eigenvalue weighted by molar-refractivity contribution is 6.01. The second kappa shape index (κ2) is 7.58. The number of benzene rings is 1. The number of hydroxylamine groups is 1. The van der Waals surface area contributed by atoms with Gasteiger partial charge in [0, 0.05) is 16.5 Å². The third-order valence-electron chi connectivity index (χ3n) is 3.38. The van der Waals surface area contributed by atoms with E-state index in [4.69, 9.17) is 9.57 Å². The van der Waals surface area contributed by atoms with E-state index in [9.17, 15) is 14.4 Å². The minimum absolute atomic E-state index is 0.00762. The first-order chi connectivity index (χ1) is 11.6. The first-order valence-electron chi connectivity index (χ1n) is 8.50. The van der Waals surface area contributed by atoms with E-state index in [1.54, 1.807) is 32.9 Å². The molecule has 0 aliphatic rings. The van der Waals surface area contributed by atoms with Crippen LogP contribution in [0.25, 0.3) is 0 Å². The summed E-state index contributed by atoms with van der Waals surface area (Å²) in [6.07, 6.45) is 0. The molecule has 1 N–H and O–H groups in total. The first-order valence-corrected chi connectivity index (χ1v) is 8.50. The average Bonchev–Trinajstić information content (AvgIpc) is 2.49. The number of amides is 1. The first kappa shape index (κ1) is 21.8. The van der Waals surface area contributed by atoms with Crippen molar-refractivity contribution in [1.82, 2.24) is 5.48 Å². The minimum atomic E-state index is -1.34. The molecule has 0 fully saturated rings. The summed E-state index contributed by atoms with van der Waals surface area (Å²) in [6, 6.07) is 6.28. The van der Waals surface area contributed by atoms with Gasteiger partial charge < -0.3 is 4.74 Å². The molecular formula is C20H29NO5. The number of carbonyl (C=O) groups is 3. The molecule has 0 heterocycles. The monoisotopic (exact) mass is 363 g/mol. The van der Waals surface area contributed by atoms with E-state index in [0.29, 0.717) is 11.1 Å². The molecule has 6 heteroatoms. The van der Waals surface area contributed by atoms with Crippen LogP contribution in [-0.2, 0) is 14.4 Å². The lowest BCUT2D eigenvalue weighted by molar-refractivity contribution is -0.185. The standard InChI is InChI=1S/C20H29NO5/c1-18(2,3)15(22)13-9-11-14(12-10-13)16(23)21-26-20(7,8)17(24)25-19(4,5)6/h9-12H,1-8H3,(H,21,23). The topological polar surface area (TPSA) is 81.7 Å². The summed E-state index contributed by atoms with van der Waals surface area (Å²) in [5.74, 6) is -1.11. The van der Waals surface area contributed by atoms with Crippen molar-refractivity contribution in [3.63, 3.8) is 0 Å². The summed E-state index contributed by atoms with van der Waals surface area (Å²) in [5, 5.41) is 0. The van der Waals surface area contributed by atoms with Crippen molar-refractivity contribution in [2.75, 3.05) is 0 Å². The summed E-state index contributed by atoms with van der Waals surface area (Å²) in [7, 11) is 0. The Morgan fingerprint density at radius 2 is 1.27 bits per heavy atom. The Labute approximate surface area is 155 Å². The maximum atomic E-state index is 12.2. The van der Waals surface area contributed by atoms with E-state index in [1.165, 1.54) is 26.0 Å². The zero-order valence-corrected chi connectivity index (χ0v) is 16.9. The van der Waals surface area contributed by atoms with Crippen LogP contribution in [0.15, 0.2) is 24.3 Å². The molecule has 0 bridgehead atoms. The molecule has 1 aromatic carbocycles. The Morgan fingerprint density at radius 1 is 0.808 bits per heavy atom. The third-order valence-corrected chi connectivity index (χ3v) is 3.38. The van der Waals surface area contributed by atoms with Crippen molar-refractivity contribution in [2.24, 2.45) is 5.41 Å². The number of carbonyl (C=O) groups excluding carboxylic acids is 3. The largest absolute Gasteiger partial charge is 0.458 e. The number of hydrogen-bond acceptors (Lipinski definition) is 5. The Kier molecular flexibility index (Phi) is 6.36. The number of nitrogens with one attached hydrogen (secondary N) is 1. The molecule has 0 saturated heterocycles. The van der Waals surface area contributed by atoms with Crippen LogP contribution in [-0.4, -0.2) is 28.9 Å². The van der Waals surface area contributed by atoms with Crippen molar-refractivity contribution in [1.29, 1.82) is 0 Å². The third kappa shape index (κ3) is 6.26. The molecule has 6 nitrogen and oxygen atoms in total. The van der Waals surface area contributed by atoms with Crippen molar-refractivity contribution < 1.29 is 24.0 Å². The van der Waals surface area contributed by atoms with Crippen molar-refractivity contribution in [3.8, 4) is 0 Å². The normalized spacial score (nSPS) is 12.5. The van der Waals surface area contributed by atoms with Gasteiger partial charge in [0.1, 0.15) is 5.60 Å². The molecule has 0 aromatic heterocycles. The SMILES string of the molecule is CC(C)(C)OC(=O)C(C)(C)ONC(=O)c1ccc(C(=O)C(C)(C)C)cc1. The van der Waals surface area contributed by atoms with E-state index >= 15 is 0 Å². The van der Waals surface area contributed by atoms with E-state index in [0.717, 1.165) is 0 Å². The van der Waals surface area contributed by atoms with Crippen molar-refractivity contribution >= 4 is 17.7 Å². The molecule has 0 aliphatic heterocycles. The molecule has 0 spiro atoms. The van der Waals surface area contributed by atoms with Crippen LogP contribution in [0, 0.1) is 5.41 Å². The Hall–Kier alpha value is -2.21. The van der Waals surface area contributed by atoms with Gasteiger partial charge in [-0.05, 0) is 46.8 Å². The summed E-state index contributed by atoms with van der Waals surface area (Å²) in [6.45, 7) is 13.8. The zero-order valence-electron chi connectivity index (χ0n) is 16.9. The molecule has 0 radical (unpaired) electrons. The van der Waals surface area contributed by atoms with Gasteiger partial charge in [-0.2, -0.15) is 0 Å². The molecule has 0 saturated carbocycles. The lowest BCUT2D eigenvalue weighted by Crippen LogP contribution is -2.45. The number of ether oxygens (including phenoxy) is 1. The molecule has 1 aromatic rings. The second-order valence-electron chi connectivity index (χ2n) is 8.70. The average molecular weight is 363 g/mol. The molecule has 26 heavy (non-hydrogen) atoms. The molecule has 0 atom stereocenters. The predicted octanol–water partition coefficient (Wildman–Crippen LogP) is 3.70. The lowest BCUT2D eigenvalue weighted by atomic mass is 9.86. The van der Waals surface area contributed by atoms with Gasteiger partial charge in [-0.3, -0.25) is 14.4 Å². The molecule has 1 amide bonds. The molecule has 144 valence electrons. The quantitative estimate of drug-likeness (QED) is 0.490. The number of rotatable bonds is 5. The highest BCUT2D eigenvalue weighted by Gasteiger charge is 2.35. The van der Waals surface area contributed by atoms with E-state index < -0.39 is 28.5 Å². The fourth-order valence-corrected chi connectivity index (χ4v) is 1.88. The smallest absolute Gasteiger partial charge is 0.341 e. The van der Waals surface area contributed by atoms with Crippen LogP contribution >= 0.6 is 0 Å². The number of esters is 1. The minimum Gasteiger partial charge on any atom is -0.458 e. The van der Waals surface area contributed by atoms with Crippen LogP contribution in [0.5, 0.6) is 0 Å². The van der Waals surface area contributed by atoms with Gasteiger partial charge in [-0.25, -0.2) is 10.3 Å². The molecular weight excluding hydrogens is 334 g/mol. The summed E-state index contributed by atoms with van der Waals surface area (Å²) >= 11 is 0. The van der Waals surface area contributed by atoms with Crippen molar-refractivity contribution in [2.45, 2.75) is 66.6 Å². The van der Waals surface area contributed by atoms with E-state index in [-0.39, 0.29) is 5.78 Å². The summed E-state index contributed by atoms with van der Waals surface area (Å²) in [4.78, 5) is 41.8. The van der Waals surface area contributed by atoms with Gasteiger partial charge in [0.05, 0.1) is 0 Å². The Morgan fingerprint density at radius 3 is 1.69 bits per heavy atom. The van der Waals surface area contributed by atoms with Crippen LogP contribution in [0.1, 0.15) is 76.1 Å². The highest BCUT2D eigenvalue weighted by atomic mass is 16.7. The summed E-state index contributed by atoms with van der Waals surface area (Å²) in [5.41, 5.74) is 0.613. The van der Waals surface area contributed by atoms with Crippen LogP contribution in [0.2, 0.25) is 0 Å². The summed E-state index contributed by atoms with van der Waals surface area (Å²) < 4.78 is 5.26. The molecule has 0 unspecified atom stereocenters. The fraction of sp³-hybridized carbons (Fsp3) is 0.550. The van der Waals surface area contributed by atoms with Crippen LogP contribution in [0.3, 0.4) is 0 Å².